The molecule has 0 bridgehead atoms. The third kappa shape index (κ3) is 6.34. The Labute approximate surface area is 180 Å². The van der Waals surface area contributed by atoms with Crippen LogP contribution < -0.4 is 10.1 Å². The van der Waals surface area contributed by atoms with Gasteiger partial charge in [-0.1, -0.05) is 37.3 Å². The molecule has 5 nitrogen and oxygen atoms in total. The molecule has 1 N–H and O–H groups in total. The second-order valence-electron chi connectivity index (χ2n) is 8.06. The van der Waals surface area contributed by atoms with Crippen LogP contribution in [0, 0.1) is 13.8 Å². The number of methoxy groups -OCH3 is 1. The van der Waals surface area contributed by atoms with E-state index >= 15 is 0 Å². The molecule has 0 aliphatic rings. The van der Waals surface area contributed by atoms with Crippen molar-refractivity contribution in [2.24, 2.45) is 0 Å². The minimum absolute atomic E-state index is 0.0140. The Hall–Kier alpha value is -2.82. The van der Waals surface area contributed by atoms with Gasteiger partial charge in [-0.15, -0.1) is 0 Å². The molecule has 0 radical (unpaired) electrons. The first-order valence-electron chi connectivity index (χ1n) is 10.5. The zero-order valence-electron chi connectivity index (χ0n) is 19.0. The van der Waals surface area contributed by atoms with E-state index in [-0.39, 0.29) is 24.3 Å². The molecule has 0 fully saturated rings. The first-order chi connectivity index (χ1) is 14.2. The lowest BCUT2D eigenvalue weighted by Crippen LogP contribution is -2.50. The first kappa shape index (κ1) is 23.5. The molecule has 1 unspecified atom stereocenters. The van der Waals surface area contributed by atoms with Gasteiger partial charge < -0.3 is 15.0 Å². The Balaban J connectivity index is 2.33. The molecular formula is C25H34N2O3. The Kier molecular flexibility index (Phi) is 8.46. The summed E-state index contributed by atoms with van der Waals surface area (Å²) in [5.41, 5.74) is 4.24. The average molecular weight is 411 g/mol. The van der Waals surface area contributed by atoms with Gasteiger partial charge in [-0.25, -0.2) is 0 Å². The topological polar surface area (TPSA) is 58.6 Å². The van der Waals surface area contributed by atoms with Crippen molar-refractivity contribution in [3.8, 4) is 5.75 Å². The predicted octanol–water partition coefficient (Wildman–Crippen LogP) is 4.19. The van der Waals surface area contributed by atoms with Gasteiger partial charge in [-0.2, -0.15) is 0 Å². The third-order valence-corrected chi connectivity index (χ3v) is 5.23. The van der Waals surface area contributed by atoms with Crippen LogP contribution in [0.1, 0.15) is 49.4 Å². The number of hydrogen-bond acceptors (Lipinski definition) is 3. The lowest BCUT2D eigenvalue weighted by Gasteiger charge is -2.31. The zero-order valence-corrected chi connectivity index (χ0v) is 19.0. The van der Waals surface area contributed by atoms with Crippen LogP contribution in [0.4, 0.5) is 0 Å². The van der Waals surface area contributed by atoms with Crippen molar-refractivity contribution < 1.29 is 14.3 Å². The summed E-state index contributed by atoms with van der Waals surface area (Å²) in [5.74, 6) is 0.546. The van der Waals surface area contributed by atoms with Crippen LogP contribution in [0.15, 0.2) is 42.5 Å². The highest BCUT2D eigenvalue weighted by molar-refractivity contribution is 5.88. The third-order valence-electron chi connectivity index (χ3n) is 5.23. The second kappa shape index (κ2) is 10.8. The van der Waals surface area contributed by atoms with Crippen LogP contribution in [0.2, 0.25) is 0 Å². The minimum atomic E-state index is -0.530. The van der Waals surface area contributed by atoms with E-state index in [1.807, 2.05) is 70.2 Å². The van der Waals surface area contributed by atoms with Crippen molar-refractivity contribution in [1.82, 2.24) is 10.2 Å². The van der Waals surface area contributed by atoms with Crippen LogP contribution >= 0.6 is 0 Å². The van der Waals surface area contributed by atoms with E-state index in [1.165, 1.54) is 5.56 Å². The molecule has 5 heteroatoms. The predicted molar refractivity (Wildman–Crippen MR) is 121 cm³/mol. The highest BCUT2D eigenvalue weighted by atomic mass is 16.5. The molecule has 1 atom stereocenters. The van der Waals surface area contributed by atoms with E-state index in [1.54, 1.807) is 12.0 Å². The lowest BCUT2D eigenvalue weighted by molar-refractivity contribution is -0.141. The molecule has 2 rings (SSSR count). The largest absolute Gasteiger partial charge is 0.497 e. The van der Waals surface area contributed by atoms with Gasteiger partial charge in [0.25, 0.3) is 0 Å². The van der Waals surface area contributed by atoms with E-state index in [2.05, 4.69) is 12.2 Å². The second-order valence-corrected chi connectivity index (χ2v) is 8.06. The van der Waals surface area contributed by atoms with E-state index < -0.39 is 6.04 Å². The molecule has 0 spiro atoms. The van der Waals surface area contributed by atoms with Gasteiger partial charge in [-0.3, -0.25) is 9.59 Å². The van der Waals surface area contributed by atoms with E-state index in [0.717, 1.165) is 22.4 Å². The van der Waals surface area contributed by atoms with Gasteiger partial charge >= 0.3 is 0 Å². The summed E-state index contributed by atoms with van der Waals surface area (Å²) in [5, 5.41) is 2.96. The number of benzene rings is 2. The molecular weight excluding hydrogens is 376 g/mol. The van der Waals surface area contributed by atoms with Crippen LogP contribution in [-0.4, -0.2) is 35.9 Å². The number of amides is 2. The van der Waals surface area contributed by atoms with Crippen molar-refractivity contribution in [2.45, 2.75) is 66.1 Å². The number of ether oxygens (including phenoxy) is 1. The fourth-order valence-corrected chi connectivity index (χ4v) is 3.46. The summed E-state index contributed by atoms with van der Waals surface area (Å²) in [7, 11) is 1.62. The van der Waals surface area contributed by atoms with E-state index in [4.69, 9.17) is 4.74 Å². The lowest BCUT2D eigenvalue weighted by atomic mass is 10.0. The molecule has 30 heavy (non-hydrogen) atoms. The zero-order chi connectivity index (χ0) is 22.3. The molecule has 162 valence electrons. The Morgan fingerprint density at radius 2 is 1.77 bits per heavy atom. The van der Waals surface area contributed by atoms with Crippen LogP contribution in [0.5, 0.6) is 5.75 Å². The van der Waals surface area contributed by atoms with Gasteiger partial charge in [0.05, 0.1) is 13.5 Å². The summed E-state index contributed by atoms with van der Waals surface area (Å²) in [6.07, 6.45) is 0.803. The maximum atomic E-state index is 13.4. The highest BCUT2D eigenvalue weighted by Gasteiger charge is 2.29. The Bertz CT molecular complexity index is 876. The standard InChI is InChI=1S/C25H34N2O3/c1-7-23(25(29)26-17(2)3)27(16-21-9-8-10-22(14-21)30-6)24(28)15-20-12-11-18(4)19(5)13-20/h8-14,17,23H,7,15-16H2,1-6H3,(H,26,29). The van der Waals surface area contributed by atoms with Gasteiger partial charge in [0.15, 0.2) is 0 Å². The molecule has 0 aliphatic heterocycles. The summed E-state index contributed by atoms with van der Waals surface area (Å²) < 4.78 is 5.32. The Morgan fingerprint density at radius 1 is 1.03 bits per heavy atom. The van der Waals surface area contributed by atoms with Gasteiger partial charge in [0, 0.05) is 12.6 Å². The number of rotatable bonds is 9. The highest BCUT2D eigenvalue weighted by Crippen LogP contribution is 2.19. The van der Waals surface area contributed by atoms with Crippen molar-refractivity contribution >= 4 is 11.8 Å². The van der Waals surface area contributed by atoms with Gasteiger partial charge in [0.1, 0.15) is 11.8 Å². The van der Waals surface area contributed by atoms with Crippen molar-refractivity contribution in [1.29, 1.82) is 0 Å². The summed E-state index contributed by atoms with van der Waals surface area (Å²) in [4.78, 5) is 27.9. The minimum Gasteiger partial charge on any atom is -0.497 e. The molecule has 0 aromatic heterocycles. The number of aryl methyl sites for hydroxylation is 2. The number of nitrogens with one attached hydrogen (secondary N) is 1. The molecule has 0 aliphatic carbocycles. The van der Waals surface area contributed by atoms with E-state index in [9.17, 15) is 9.59 Å². The number of nitrogens with zero attached hydrogens (tertiary/aromatic N) is 1. The fourth-order valence-electron chi connectivity index (χ4n) is 3.46. The molecule has 0 saturated heterocycles. The van der Waals surface area contributed by atoms with Crippen LogP contribution in [0.25, 0.3) is 0 Å². The number of hydrogen-bond donors (Lipinski definition) is 1. The summed E-state index contributed by atoms with van der Waals surface area (Å²) in [6.45, 7) is 10.2. The van der Waals surface area contributed by atoms with Crippen molar-refractivity contribution in [3.63, 3.8) is 0 Å². The quantitative estimate of drug-likeness (QED) is 0.674. The maximum absolute atomic E-state index is 13.4. The average Bonchev–Trinajstić information content (AvgIpc) is 2.70. The van der Waals surface area contributed by atoms with Crippen molar-refractivity contribution in [3.05, 3.63) is 64.7 Å². The molecule has 2 aromatic carbocycles. The fraction of sp³-hybridized carbons (Fsp3) is 0.440. The first-order valence-corrected chi connectivity index (χ1v) is 10.5. The normalized spacial score (nSPS) is 11.8. The summed E-state index contributed by atoms with van der Waals surface area (Å²) in [6, 6.07) is 13.2. The molecule has 0 heterocycles. The Morgan fingerprint density at radius 3 is 2.37 bits per heavy atom. The number of carbonyl (C=O) groups is 2. The molecule has 2 amide bonds. The monoisotopic (exact) mass is 410 g/mol. The van der Waals surface area contributed by atoms with Gasteiger partial charge in [-0.05, 0) is 68.5 Å². The van der Waals surface area contributed by atoms with Crippen LogP contribution in [-0.2, 0) is 22.6 Å². The van der Waals surface area contributed by atoms with Gasteiger partial charge in [0.2, 0.25) is 11.8 Å². The molecule has 0 saturated carbocycles. The maximum Gasteiger partial charge on any atom is 0.243 e. The van der Waals surface area contributed by atoms with E-state index in [0.29, 0.717) is 13.0 Å². The molecule has 2 aromatic rings. The smallest absolute Gasteiger partial charge is 0.243 e. The van der Waals surface area contributed by atoms with Crippen LogP contribution in [0.3, 0.4) is 0 Å². The number of carbonyl (C=O) groups excluding carboxylic acids is 2. The van der Waals surface area contributed by atoms with Crippen molar-refractivity contribution in [2.75, 3.05) is 7.11 Å². The SMILES string of the molecule is CCC(C(=O)NC(C)C)N(Cc1cccc(OC)c1)C(=O)Cc1ccc(C)c(C)c1. The summed E-state index contributed by atoms with van der Waals surface area (Å²) >= 11 is 0.